The predicted molar refractivity (Wildman–Crippen MR) is 130 cm³/mol. The summed E-state index contributed by atoms with van der Waals surface area (Å²) in [5, 5.41) is 12.2. The number of fused-ring (bicyclic) bond motifs is 2. The first-order chi connectivity index (χ1) is 16.1. The SMILES string of the molecule is C=CCN1CC2CCC(C1)N2C(c1ccc(C(=O)NN2CCCC2)cc1)c1cccc(O)c1. The van der Waals surface area contributed by atoms with Crippen molar-refractivity contribution < 1.29 is 9.90 Å². The number of hydrogen-bond acceptors (Lipinski definition) is 5. The maximum absolute atomic E-state index is 12.7. The number of phenolic OH excluding ortho intramolecular Hbond substituents is 1. The van der Waals surface area contributed by atoms with Crippen LogP contribution in [-0.2, 0) is 0 Å². The van der Waals surface area contributed by atoms with Crippen LogP contribution in [0.4, 0.5) is 0 Å². The number of phenols is 1. The normalized spacial score (nSPS) is 24.6. The molecule has 2 N–H and O–H groups in total. The second-order valence-corrected chi connectivity index (χ2v) is 9.59. The van der Waals surface area contributed by atoms with Crippen molar-refractivity contribution in [3.63, 3.8) is 0 Å². The second-order valence-electron chi connectivity index (χ2n) is 9.59. The smallest absolute Gasteiger partial charge is 0.265 e. The molecule has 0 saturated carbocycles. The van der Waals surface area contributed by atoms with Gasteiger partial charge in [0, 0.05) is 50.4 Å². The Bertz CT molecular complexity index is 972. The summed E-state index contributed by atoms with van der Waals surface area (Å²) in [6.45, 7) is 8.76. The van der Waals surface area contributed by atoms with E-state index in [1.54, 1.807) is 6.07 Å². The molecule has 2 aromatic rings. The van der Waals surface area contributed by atoms with E-state index in [-0.39, 0.29) is 17.7 Å². The van der Waals surface area contributed by atoms with Crippen LogP contribution in [0.1, 0.15) is 53.2 Å². The number of benzene rings is 2. The molecule has 3 aliphatic rings. The second kappa shape index (κ2) is 9.67. The Balaban J connectivity index is 1.42. The van der Waals surface area contributed by atoms with Gasteiger partial charge in [-0.15, -0.1) is 6.58 Å². The molecule has 6 nitrogen and oxygen atoms in total. The van der Waals surface area contributed by atoms with E-state index in [4.69, 9.17) is 0 Å². The van der Waals surface area contributed by atoms with E-state index in [0.29, 0.717) is 17.6 Å². The maximum atomic E-state index is 12.7. The Kier molecular flexibility index (Phi) is 6.49. The summed E-state index contributed by atoms with van der Waals surface area (Å²) >= 11 is 0. The highest BCUT2D eigenvalue weighted by molar-refractivity contribution is 5.93. The molecule has 3 heterocycles. The van der Waals surface area contributed by atoms with E-state index in [2.05, 4.69) is 40.0 Å². The molecule has 2 aromatic carbocycles. The number of amides is 1. The predicted octanol–water partition coefficient (Wildman–Crippen LogP) is 3.56. The molecular formula is C27H34N4O2. The first-order valence-electron chi connectivity index (χ1n) is 12.2. The molecule has 6 heteroatoms. The Morgan fingerprint density at radius 1 is 1.06 bits per heavy atom. The van der Waals surface area contributed by atoms with Gasteiger partial charge >= 0.3 is 0 Å². The molecule has 0 spiro atoms. The monoisotopic (exact) mass is 446 g/mol. The minimum absolute atomic E-state index is 0.0459. The molecule has 33 heavy (non-hydrogen) atoms. The fourth-order valence-corrected chi connectivity index (χ4v) is 5.86. The molecule has 0 radical (unpaired) electrons. The summed E-state index contributed by atoms with van der Waals surface area (Å²) in [5.41, 5.74) is 5.96. The van der Waals surface area contributed by atoms with Crippen LogP contribution in [0.3, 0.4) is 0 Å². The van der Waals surface area contributed by atoms with Crippen LogP contribution in [0, 0.1) is 0 Å². The Hall–Kier alpha value is -2.67. The topological polar surface area (TPSA) is 59.0 Å². The summed E-state index contributed by atoms with van der Waals surface area (Å²) in [7, 11) is 0. The summed E-state index contributed by atoms with van der Waals surface area (Å²) < 4.78 is 0. The van der Waals surface area contributed by atoms with E-state index in [1.807, 2.05) is 35.4 Å². The van der Waals surface area contributed by atoms with Gasteiger partial charge in [0.1, 0.15) is 5.75 Å². The van der Waals surface area contributed by atoms with Crippen LogP contribution in [0.2, 0.25) is 0 Å². The highest BCUT2D eigenvalue weighted by Gasteiger charge is 2.43. The number of rotatable bonds is 7. The Morgan fingerprint density at radius 2 is 1.76 bits per heavy atom. The molecule has 0 aromatic heterocycles. The third kappa shape index (κ3) is 4.69. The average Bonchev–Trinajstić information content (AvgIpc) is 3.40. The van der Waals surface area contributed by atoms with E-state index in [1.165, 1.54) is 12.8 Å². The van der Waals surface area contributed by atoms with Crippen molar-refractivity contribution in [1.29, 1.82) is 0 Å². The van der Waals surface area contributed by atoms with Gasteiger partial charge in [-0.05, 0) is 61.1 Å². The van der Waals surface area contributed by atoms with Gasteiger partial charge in [-0.1, -0.05) is 30.3 Å². The number of nitrogens with zero attached hydrogens (tertiary/aromatic N) is 3. The van der Waals surface area contributed by atoms with E-state index < -0.39 is 0 Å². The Morgan fingerprint density at radius 3 is 2.39 bits per heavy atom. The van der Waals surface area contributed by atoms with Crippen LogP contribution in [0.25, 0.3) is 0 Å². The molecule has 3 saturated heterocycles. The number of aromatic hydroxyl groups is 1. The molecule has 3 atom stereocenters. The number of piperazine rings is 1. The largest absolute Gasteiger partial charge is 0.508 e. The lowest BCUT2D eigenvalue weighted by atomic mass is 9.93. The lowest BCUT2D eigenvalue weighted by Gasteiger charge is -2.45. The van der Waals surface area contributed by atoms with Crippen LogP contribution in [0.15, 0.2) is 61.2 Å². The van der Waals surface area contributed by atoms with Gasteiger partial charge in [0.15, 0.2) is 0 Å². The lowest BCUT2D eigenvalue weighted by molar-refractivity contribution is 0.0499. The zero-order valence-corrected chi connectivity index (χ0v) is 19.2. The highest BCUT2D eigenvalue weighted by Crippen LogP contribution is 2.41. The van der Waals surface area contributed by atoms with Crippen LogP contribution >= 0.6 is 0 Å². The minimum Gasteiger partial charge on any atom is -0.508 e. The molecule has 174 valence electrons. The number of likely N-dealkylation sites (tertiary alicyclic amines) is 1. The molecular weight excluding hydrogens is 412 g/mol. The van der Waals surface area contributed by atoms with Crippen LogP contribution < -0.4 is 5.43 Å². The van der Waals surface area contributed by atoms with Gasteiger partial charge in [0.25, 0.3) is 5.91 Å². The first-order valence-corrected chi connectivity index (χ1v) is 12.2. The molecule has 3 unspecified atom stereocenters. The highest BCUT2D eigenvalue weighted by atomic mass is 16.3. The minimum atomic E-state index is -0.0459. The quantitative estimate of drug-likeness (QED) is 0.637. The zero-order chi connectivity index (χ0) is 22.8. The van der Waals surface area contributed by atoms with Gasteiger partial charge < -0.3 is 5.11 Å². The molecule has 0 aliphatic carbocycles. The number of carbonyl (C=O) groups excluding carboxylic acids is 1. The van der Waals surface area contributed by atoms with Crippen molar-refractivity contribution in [2.75, 3.05) is 32.7 Å². The number of nitrogens with one attached hydrogen (secondary N) is 1. The Labute approximate surface area is 196 Å². The zero-order valence-electron chi connectivity index (χ0n) is 19.2. The summed E-state index contributed by atoms with van der Waals surface area (Å²) in [4.78, 5) is 17.8. The van der Waals surface area contributed by atoms with Crippen LogP contribution in [0.5, 0.6) is 5.75 Å². The van der Waals surface area contributed by atoms with Gasteiger partial charge in [-0.25, -0.2) is 5.01 Å². The molecule has 5 rings (SSSR count). The van der Waals surface area contributed by atoms with Crippen molar-refractivity contribution in [2.45, 2.75) is 43.8 Å². The number of hydrazine groups is 1. The van der Waals surface area contributed by atoms with Crippen LogP contribution in [-0.4, -0.2) is 70.6 Å². The summed E-state index contributed by atoms with van der Waals surface area (Å²) in [6, 6.07) is 16.7. The average molecular weight is 447 g/mol. The van der Waals surface area contributed by atoms with Crippen molar-refractivity contribution >= 4 is 5.91 Å². The maximum Gasteiger partial charge on any atom is 0.265 e. The van der Waals surface area contributed by atoms with Gasteiger partial charge in [-0.3, -0.25) is 20.0 Å². The van der Waals surface area contributed by atoms with Crippen molar-refractivity contribution in [3.05, 3.63) is 77.9 Å². The fraction of sp³-hybridized carbons (Fsp3) is 0.444. The van der Waals surface area contributed by atoms with Crippen molar-refractivity contribution in [3.8, 4) is 5.75 Å². The third-order valence-corrected chi connectivity index (χ3v) is 7.34. The van der Waals surface area contributed by atoms with E-state index in [0.717, 1.165) is 56.7 Å². The number of hydrogen-bond donors (Lipinski definition) is 2. The summed E-state index contributed by atoms with van der Waals surface area (Å²) in [5.74, 6) is 0.243. The van der Waals surface area contributed by atoms with Crippen molar-refractivity contribution in [2.24, 2.45) is 0 Å². The van der Waals surface area contributed by atoms with Gasteiger partial charge in [0.05, 0.1) is 6.04 Å². The third-order valence-electron chi connectivity index (χ3n) is 7.34. The molecule has 2 bridgehead atoms. The lowest BCUT2D eigenvalue weighted by Crippen LogP contribution is -2.54. The van der Waals surface area contributed by atoms with Gasteiger partial charge in [-0.2, -0.15) is 0 Å². The van der Waals surface area contributed by atoms with Gasteiger partial charge in [0.2, 0.25) is 0 Å². The molecule has 1 amide bonds. The van der Waals surface area contributed by atoms with Crippen molar-refractivity contribution in [1.82, 2.24) is 20.2 Å². The van der Waals surface area contributed by atoms with E-state index >= 15 is 0 Å². The first kappa shape index (κ1) is 22.1. The van der Waals surface area contributed by atoms with E-state index in [9.17, 15) is 9.90 Å². The molecule has 3 fully saturated rings. The summed E-state index contributed by atoms with van der Waals surface area (Å²) in [6.07, 6.45) is 6.63. The standard InChI is InChI=1S/C27H34N4O2/c1-2-14-29-18-23-12-13-24(19-29)31(23)26(22-6-5-7-25(32)17-22)20-8-10-21(11-9-20)27(33)28-30-15-3-4-16-30/h2,5-11,17,23-24,26,32H,1,3-4,12-16,18-19H2,(H,28,33). The fourth-order valence-electron chi connectivity index (χ4n) is 5.86. The molecule has 3 aliphatic heterocycles. The number of carbonyl (C=O) groups is 1.